The van der Waals surface area contributed by atoms with Crippen LogP contribution in [0.2, 0.25) is 0 Å². The van der Waals surface area contributed by atoms with Gasteiger partial charge in [0.1, 0.15) is 29.0 Å². The molecule has 0 spiro atoms. The van der Waals surface area contributed by atoms with Crippen molar-refractivity contribution in [2.24, 2.45) is 0 Å². The third-order valence-corrected chi connectivity index (χ3v) is 6.75. The lowest BCUT2D eigenvalue weighted by atomic mass is 10.0. The molecule has 0 aliphatic carbocycles. The highest BCUT2D eigenvalue weighted by Crippen LogP contribution is 2.34. The van der Waals surface area contributed by atoms with E-state index >= 15 is 0 Å². The molecule has 0 radical (unpaired) electrons. The number of rotatable bonds is 10. The monoisotopic (exact) mass is 502 g/mol. The molecular formula is C29H34N4O4. The Morgan fingerprint density at radius 1 is 1.08 bits per heavy atom. The number of carbonyl (C=O) groups excluding carboxylic acids is 1. The lowest BCUT2D eigenvalue weighted by Crippen LogP contribution is -2.47. The Bertz CT molecular complexity index is 1250. The van der Waals surface area contributed by atoms with Crippen LogP contribution in [-0.2, 0) is 11.3 Å². The first-order valence-electron chi connectivity index (χ1n) is 13.0. The van der Waals surface area contributed by atoms with Gasteiger partial charge in [0.15, 0.2) is 0 Å². The van der Waals surface area contributed by atoms with Crippen LogP contribution in [0.3, 0.4) is 0 Å². The highest BCUT2D eigenvalue weighted by molar-refractivity contribution is 5.84. The minimum absolute atomic E-state index is 0.0377. The molecule has 1 saturated heterocycles. The van der Waals surface area contributed by atoms with Crippen molar-refractivity contribution < 1.29 is 18.7 Å². The maximum absolute atomic E-state index is 13.4. The lowest BCUT2D eigenvalue weighted by molar-refractivity contribution is -0.135. The fraction of sp³-hybridized carbons (Fsp3) is 0.379. The summed E-state index contributed by atoms with van der Waals surface area (Å²) in [5, 5.41) is 1.91. The molecule has 5 rings (SSSR count). The average molecular weight is 503 g/mol. The second-order valence-corrected chi connectivity index (χ2v) is 9.33. The summed E-state index contributed by atoms with van der Waals surface area (Å²) in [4.78, 5) is 19.9. The second kappa shape index (κ2) is 11.1. The summed E-state index contributed by atoms with van der Waals surface area (Å²) in [6.45, 7) is 7.61. The van der Waals surface area contributed by atoms with Crippen LogP contribution in [0, 0.1) is 6.92 Å². The molecule has 2 aliphatic rings. The molecule has 1 fully saturated rings. The number of oxazole rings is 1. The summed E-state index contributed by atoms with van der Waals surface area (Å²) < 4.78 is 17.5. The number of aromatic nitrogens is 1. The van der Waals surface area contributed by atoms with Crippen LogP contribution >= 0.6 is 0 Å². The smallest absolute Gasteiger partial charge is 0.251 e. The molecule has 2 unspecified atom stereocenters. The zero-order chi connectivity index (χ0) is 25.8. The molecule has 8 nitrogen and oxygen atoms in total. The number of hydrogen-bond donors (Lipinski definition) is 1. The summed E-state index contributed by atoms with van der Waals surface area (Å²) in [5.74, 6) is 2.83. The summed E-state index contributed by atoms with van der Waals surface area (Å²) >= 11 is 0. The third-order valence-electron chi connectivity index (χ3n) is 6.75. The predicted octanol–water partition coefficient (Wildman–Crippen LogP) is 5.36. The standard InChI is InChI=1S/C29H34N4O4/c1-4-6-17-36-22-13-11-21(12-14-22)24-18-26-29(34)32(15-16-33(26)31-24)19-25-20(3)37-28(30-25)23-9-7-8-10-27(23)35-5-2/h7-16,24,26,31H,4-6,17-19H2,1-3H3. The fourth-order valence-corrected chi connectivity index (χ4v) is 4.69. The molecule has 3 aromatic rings. The van der Waals surface area contributed by atoms with Crippen LogP contribution in [0.1, 0.15) is 56.2 Å². The van der Waals surface area contributed by atoms with Crippen LogP contribution in [0.15, 0.2) is 65.3 Å². The first-order chi connectivity index (χ1) is 18.1. The van der Waals surface area contributed by atoms with Crippen molar-refractivity contribution >= 4 is 5.91 Å². The molecular weight excluding hydrogens is 468 g/mol. The van der Waals surface area contributed by atoms with Crippen LogP contribution in [0.5, 0.6) is 11.5 Å². The molecule has 2 atom stereocenters. The van der Waals surface area contributed by atoms with E-state index in [1.165, 1.54) is 0 Å². The Hall–Kier alpha value is -3.78. The number of hydrazine groups is 1. The van der Waals surface area contributed by atoms with E-state index in [9.17, 15) is 4.79 Å². The minimum atomic E-state index is -0.277. The van der Waals surface area contributed by atoms with Gasteiger partial charge >= 0.3 is 0 Å². The van der Waals surface area contributed by atoms with Crippen molar-refractivity contribution in [2.45, 2.75) is 58.7 Å². The Kier molecular flexibility index (Phi) is 7.46. The Labute approximate surface area is 217 Å². The van der Waals surface area contributed by atoms with E-state index in [4.69, 9.17) is 18.9 Å². The SMILES string of the molecule is CCCCOc1ccc(C2CC3C(=O)N(Cc4nc(-c5ccccc5OCC)oc4C)C=CN3N2)cc1. The van der Waals surface area contributed by atoms with Gasteiger partial charge in [-0.05, 0) is 56.5 Å². The normalized spacial score (nSPS) is 18.8. The van der Waals surface area contributed by atoms with Gasteiger partial charge in [0.25, 0.3) is 5.91 Å². The molecule has 0 saturated carbocycles. The van der Waals surface area contributed by atoms with Gasteiger partial charge in [0.05, 0.1) is 31.4 Å². The number of nitrogens with zero attached hydrogens (tertiary/aromatic N) is 3. The first kappa shape index (κ1) is 24.9. The topological polar surface area (TPSA) is 80.1 Å². The van der Waals surface area contributed by atoms with Gasteiger partial charge in [0, 0.05) is 12.4 Å². The molecule has 2 aliphatic heterocycles. The summed E-state index contributed by atoms with van der Waals surface area (Å²) in [7, 11) is 0. The second-order valence-electron chi connectivity index (χ2n) is 9.33. The number of benzene rings is 2. The van der Waals surface area contributed by atoms with E-state index in [0.717, 1.165) is 47.8 Å². The van der Waals surface area contributed by atoms with E-state index in [-0.39, 0.29) is 18.0 Å². The molecule has 1 N–H and O–H groups in total. The highest BCUT2D eigenvalue weighted by Gasteiger charge is 2.40. The fourth-order valence-electron chi connectivity index (χ4n) is 4.69. The summed E-state index contributed by atoms with van der Waals surface area (Å²) in [6.07, 6.45) is 6.57. The largest absolute Gasteiger partial charge is 0.494 e. The van der Waals surface area contributed by atoms with E-state index < -0.39 is 0 Å². The van der Waals surface area contributed by atoms with E-state index in [2.05, 4.69) is 24.5 Å². The van der Waals surface area contributed by atoms with Crippen LogP contribution < -0.4 is 14.9 Å². The van der Waals surface area contributed by atoms with Crippen molar-refractivity contribution in [1.29, 1.82) is 0 Å². The minimum Gasteiger partial charge on any atom is -0.494 e. The molecule has 3 heterocycles. The maximum Gasteiger partial charge on any atom is 0.251 e. The van der Waals surface area contributed by atoms with Gasteiger partial charge < -0.3 is 23.8 Å². The number of fused-ring (bicyclic) bond motifs is 1. The zero-order valence-corrected chi connectivity index (χ0v) is 21.6. The number of aryl methyl sites for hydroxylation is 1. The maximum atomic E-state index is 13.4. The zero-order valence-electron chi connectivity index (χ0n) is 21.6. The number of nitrogens with one attached hydrogen (secondary N) is 1. The third kappa shape index (κ3) is 5.34. The number of hydrogen-bond acceptors (Lipinski definition) is 7. The van der Waals surface area contributed by atoms with Gasteiger partial charge in [0.2, 0.25) is 5.89 Å². The number of amides is 1. The van der Waals surface area contributed by atoms with Crippen LogP contribution in [0.4, 0.5) is 0 Å². The van der Waals surface area contributed by atoms with Gasteiger partial charge in [-0.2, -0.15) is 0 Å². The van der Waals surface area contributed by atoms with Crippen molar-refractivity contribution in [3.8, 4) is 23.0 Å². The Morgan fingerprint density at radius 3 is 2.68 bits per heavy atom. The van der Waals surface area contributed by atoms with E-state index in [1.807, 2.05) is 61.5 Å². The molecule has 1 amide bonds. The van der Waals surface area contributed by atoms with Gasteiger partial charge in [-0.25, -0.2) is 10.4 Å². The van der Waals surface area contributed by atoms with E-state index in [1.54, 1.807) is 11.1 Å². The van der Waals surface area contributed by atoms with Gasteiger partial charge in [-0.3, -0.25) is 4.79 Å². The Morgan fingerprint density at radius 2 is 1.89 bits per heavy atom. The lowest BCUT2D eigenvalue weighted by Gasteiger charge is -2.31. The summed E-state index contributed by atoms with van der Waals surface area (Å²) in [6, 6.07) is 15.6. The molecule has 8 heteroatoms. The van der Waals surface area contributed by atoms with Crippen molar-refractivity contribution in [2.75, 3.05) is 13.2 Å². The van der Waals surface area contributed by atoms with Crippen molar-refractivity contribution in [3.63, 3.8) is 0 Å². The van der Waals surface area contributed by atoms with Gasteiger partial charge in [-0.15, -0.1) is 0 Å². The number of unbranched alkanes of at least 4 members (excludes halogenated alkanes) is 1. The quantitative estimate of drug-likeness (QED) is 0.374. The Balaban J connectivity index is 1.25. The van der Waals surface area contributed by atoms with E-state index in [0.29, 0.717) is 31.2 Å². The molecule has 2 aromatic carbocycles. The number of para-hydroxylation sites is 1. The molecule has 194 valence electrons. The predicted molar refractivity (Wildman–Crippen MR) is 141 cm³/mol. The van der Waals surface area contributed by atoms with Crippen molar-refractivity contribution in [3.05, 3.63) is 77.9 Å². The first-order valence-corrected chi connectivity index (χ1v) is 13.0. The average Bonchev–Trinajstić information content (AvgIpc) is 3.51. The highest BCUT2D eigenvalue weighted by atomic mass is 16.5. The molecule has 37 heavy (non-hydrogen) atoms. The summed E-state index contributed by atoms with van der Waals surface area (Å²) in [5.41, 5.74) is 6.13. The number of carbonyl (C=O) groups is 1. The molecule has 1 aromatic heterocycles. The van der Waals surface area contributed by atoms with Crippen molar-refractivity contribution in [1.82, 2.24) is 20.3 Å². The molecule has 0 bridgehead atoms. The van der Waals surface area contributed by atoms with Gasteiger partial charge in [-0.1, -0.05) is 37.6 Å². The van der Waals surface area contributed by atoms with Crippen LogP contribution in [0.25, 0.3) is 11.5 Å². The number of ether oxygens (including phenoxy) is 2. The van der Waals surface area contributed by atoms with Crippen LogP contribution in [-0.4, -0.2) is 40.1 Å².